The molecule has 144 valence electrons. The largest absolute Gasteiger partial charge is 0.459 e. The van der Waals surface area contributed by atoms with Gasteiger partial charge >= 0.3 is 10.1 Å². The first-order chi connectivity index (χ1) is 13.3. The van der Waals surface area contributed by atoms with Crippen LogP contribution >= 0.6 is 0 Å². The first-order valence-electron chi connectivity index (χ1n) is 7.91. The van der Waals surface area contributed by atoms with Gasteiger partial charge in [-0.3, -0.25) is 14.9 Å². The number of rotatable bonds is 6. The Labute approximate surface area is 159 Å². The van der Waals surface area contributed by atoms with Gasteiger partial charge in [-0.1, -0.05) is 6.07 Å². The Morgan fingerprint density at radius 1 is 1.11 bits per heavy atom. The van der Waals surface area contributed by atoms with E-state index in [-0.39, 0.29) is 27.7 Å². The first kappa shape index (κ1) is 19.1. The van der Waals surface area contributed by atoms with Crippen molar-refractivity contribution in [2.45, 2.75) is 11.8 Å². The number of amides is 1. The molecule has 0 saturated heterocycles. The van der Waals surface area contributed by atoms with Crippen LogP contribution in [0.4, 0.5) is 11.4 Å². The van der Waals surface area contributed by atoms with E-state index in [9.17, 15) is 23.3 Å². The highest BCUT2D eigenvalue weighted by Gasteiger charge is 2.24. The van der Waals surface area contributed by atoms with Crippen LogP contribution in [0.1, 0.15) is 16.1 Å². The van der Waals surface area contributed by atoms with E-state index in [1.165, 1.54) is 61.7 Å². The molecule has 1 aromatic heterocycles. The minimum Gasteiger partial charge on any atom is -0.459 e. The normalized spacial score (nSPS) is 11.0. The van der Waals surface area contributed by atoms with E-state index in [0.29, 0.717) is 5.69 Å². The maximum absolute atomic E-state index is 12.5. The van der Waals surface area contributed by atoms with Gasteiger partial charge in [0.25, 0.3) is 11.6 Å². The molecule has 0 unspecified atom stereocenters. The second kappa shape index (κ2) is 7.53. The Morgan fingerprint density at radius 2 is 1.82 bits per heavy atom. The third kappa shape index (κ3) is 4.01. The average molecular weight is 402 g/mol. The number of carbonyl (C=O) groups excluding carboxylic acids is 1. The van der Waals surface area contributed by atoms with Crippen molar-refractivity contribution in [1.82, 2.24) is 0 Å². The van der Waals surface area contributed by atoms with E-state index in [0.717, 1.165) is 0 Å². The van der Waals surface area contributed by atoms with Gasteiger partial charge in [0.05, 0.1) is 11.2 Å². The van der Waals surface area contributed by atoms with Crippen molar-refractivity contribution in [3.63, 3.8) is 0 Å². The molecule has 1 heterocycles. The molecule has 0 aliphatic carbocycles. The molecule has 28 heavy (non-hydrogen) atoms. The van der Waals surface area contributed by atoms with Gasteiger partial charge in [0.15, 0.2) is 5.76 Å². The van der Waals surface area contributed by atoms with Crippen molar-refractivity contribution in [1.29, 1.82) is 0 Å². The fourth-order valence-corrected chi connectivity index (χ4v) is 3.62. The van der Waals surface area contributed by atoms with Crippen LogP contribution in [-0.4, -0.2) is 19.2 Å². The minimum atomic E-state index is -4.28. The van der Waals surface area contributed by atoms with Gasteiger partial charge < -0.3 is 13.9 Å². The zero-order chi connectivity index (χ0) is 20.3. The number of carbonyl (C=O) groups is 1. The lowest BCUT2D eigenvalue weighted by Gasteiger charge is -2.10. The van der Waals surface area contributed by atoms with Gasteiger partial charge in [0.1, 0.15) is 10.6 Å². The Kier molecular flexibility index (Phi) is 5.14. The summed E-state index contributed by atoms with van der Waals surface area (Å²) < 4.78 is 35.0. The molecule has 2 aromatic carbocycles. The lowest BCUT2D eigenvalue weighted by Crippen LogP contribution is -2.13. The summed E-state index contributed by atoms with van der Waals surface area (Å²) in [5, 5.41) is 13.6. The highest BCUT2D eigenvalue weighted by molar-refractivity contribution is 7.87. The van der Waals surface area contributed by atoms with Crippen molar-refractivity contribution in [3.05, 3.63) is 82.3 Å². The molecule has 9 nitrogen and oxygen atoms in total. The Balaban J connectivity index is 1.77. The molecule has 1 N–H and O–H groups in total. The molecular weight excluding hydrogens is 388 g/mol. The Hall–Kier alpha value is -3.66. The predicted octanol–water partition coefficient (Wildman–Crippen LogP) is 3.52. The monoisotopic (exact) mass is 402 g/mol. The predicted molar refractivity (Wildman–Crippen MR) is 98.8 cm³/mol. The molecule has 1 amide bonds. The van der Waals surface area contributed by atoms with Crippen molar-refractivity contribution in [2.24, 2.45) is 0 Å². The smallest absolute Gasteiger partial charge is 0.339 e. The quantitative estimate of drug-likeness (QED) is 0.379. The van der Waals surface area contributed by atoms with Crippen LogP contribution in [0.5, 0.6) is 5.75 Å². The number of nitro benzene ring substituents is 1. The molecule has 0 bridgehead atoms. The number of furan rings is 1. The van der Waals surface area contributed by atoms with Gasteiger partial charge in [-0.05, 0) is 49.4 Å². The summed E-state index contributed by atoms with van der Waals surface area (Å²) in [5.41, 5.74) is 0.0631. The summed E-state index contributed by atoms with van der Waals surface area (Å²) in [6.07, 6.45) is 1.37. The highest BCUT2D eigenvalue weighted by Crippen LogP contribution is 2.27. The number of nitro groups is 1. The highest BCUT2D eigenvalue weighted by atomic mass is 32.2. The topological polar surface area (TPSA) is 129 Å². The summed E-state index contributed by atoms with van der Waals surface area (Å²) >= 11 is 0. The van der Waals surface area contributed by atoms with Gasteiger partial charge in [-0.15, -0.1) is 0 Å². The molecule has 0 atom stereocenters. The van der Waals surface area contributed by atoms with Crippen LogP contribution in [-0.2, 0) is 10.1 Å². The van der Waals surface area contributed by atoms with Gasteiger partial charge in [0.2, 0.25) is 0 Å². The van der Waals surface area contributed by atoms with Gasteiger partial charge in [-0.2, -0.15) is 8.42 Å². The number of hydrogen-bond donors (Lipinski definition) is 1. The molecule has 0 fully saturated rings. The van der Waals surface area contributed by atoms with Crippen LogP contribution in [0, 0.1) is 17.0 Å². The van der Waals surface area contributed by atoms with Crippen molar-refractivity contribution >= 4 is 27.4 Å². The molecule has 0 aliphatic heterocycles. The van der Waals surface area contributed by atoms with Crippen LogP contribution in [0.15, 0.2) is 70.2 Å². The molecule has 0 spiro atoms. The van der Waals surface area contributed by atoms with E-state index >= 15 is 0 Å². The minimum absolute atomic E-state index is 0.0121. The van der Waals surface area contributed by atoms with Crippen LogP contribution in [0.3, 0.4) is 0 Å². The molecule has 0 aliphatic rings. The SMILES string of the molecule is Cc1c([N+](=O)[O-])cccc1S(=O)(=O)Oc1ccc(NC(=O)c2ccco2)cc1. The number of anilines is 1. The maximum Gasteiger partial charge on any atom is 0.339 e. The summed E-state index contributed by atoms with van der Waals surface area (Å²) in [4.78, 5) is 22.0. The van der Waals surface area contributed by atoms with Crippen LogP contribution < -0.4 is 9.50 Å². The standard InChI is InChI=1S/C18H14N2O7S/c1-12-15(20(22)23)4-2-6-17(12)28(24,25)27-14-9-7-13(8-10-14)19-18(21)16-5-3-11-26-16/h2-11H,1H3,(H,19,21). The average Bonchev–Trinajstić information content (AvgIpc) is 3.18. The van der Waals surface area contributed by atoms with E-state index in [4.69, 9.17) is 8.60 Å². The number of hydrogen-bond acceptors (Lipinski definition) is 7. The molecular formula is C18H14N2O7S. The lowest BCUT2D eigenvalue weighted by molar-refractivity contribution is -0.385. The van der Waals surface area contributed by atoms with Crippen LogP contribution in [0.25, 0.3) is 0 Å². The summed E-state index contributed by atoms with van der Waals surface area (Å²) in [6.45, 7) is 1.33. The van der Waals surface area contributed by atoms with Gasteiger partial charge in [0, 0.05) is 17.3 Å². The Bertz CT molecular complexity index is 1120. The molecule has 0 saturated carbocycles. The zero-order valence-electron chi connectivity index (χ0n) is 14.5. The van der Waals surface area contributed by atoms with Crippen molar-refractivity contribution in [3.8, 4) is 5.75 Å². The number of benzene rings is 2. The molecule has 3 rings (SSSR count). The fourth-order valence-electron chi connectivity index (χ4n) is 2.44. The number of nitrogens with one attached hydrogen (secondary N) is 1. The third-order valence-corrected chi connectivity index (χ3v) is 5.18. The lowest BCUT2D eigenvalue weighted by atomic mass is 10.2. The fraction of sp³-hybridized carbons (Fsp3) is 0.0556. The van der Waals surface area contributed by atoms with E-state index in [2.05, 4.69) is 5.32 Å². The Morgan fingerprint density at radius 3 is 2.43 bits per heavy atom. The van der Waals surface area contributed by atoms with Gasteiger partial charge in [-0.25, -0.2) is 0 Å². The summed E-state index contributed by atoms with van der Waals surface area (Å²) in [5.74, 6) is -0.343. The van der Waals surface area contributed by atoms with Crippen molar-refractivity contribution in [2.75, 3.05) is 5.32 Å². The first-order valence-corrected chi connectivity index (χ1v) is 9.32. The molecule has 0 radical (unpaired) electrons. The third-order valence-electron chi connectivity index (χ3n) is 3.78. The van der Waals surface area contributed by atoms with E-state index in [1.807, 2.05) is 0 Å². The summed E-state index contributed by atoms with van der Waals surface area (Å²) in [7, 11) is -4.28. The van der Waals surface area contributed by atoms with E-state index < -0.39 is 20.9 Å². The van der Waals surface area contributed by atoms with Crippen LogP contribution in [0.2, 0.25) is 0 Å². The zero-order valence-corrected chi connectivity index (χ0v) is 15.3. The van der Waals surface area contributed by atoms with E-state index in [1.54, 1.807) is 6.07 Å². The number of nitrogens with zero attached hydrogens (tertiary/aromatic N) is 1. The maximum atomic E-state index is 12.5. The molecule has 10 heteroatoms. The van der Waals surface area contributed by atoms with Crippen molar-refractivity contribution < 1.29 is 26.7 Å². The second-order valence-electron chi connectivity index (χ2n) is 5.65. The molecule has 3 aromatic rings. The summed E-state index contributed by atoms with van der Waals surface area (Å²) in [6, 6.07) is 12.4. The second-order valence-corrected chi connectivity index (χ2v) is 7.17.